The van der Waals surface area contributed by atoms with Gasteiger partial charge in [-0.2, -0.15) is 0 Å². The van der Waals surface area contributed by atoms with Crippen LogP contribution in [0.1, 0.15) is 26.2 Å². The lowest BCUT2D eigenvalue weighted by Gasteiger charge is -2.33. The minimum Gasteiger partial charge on any atom is -0.491 e. The maximum absolute atomic E-state index is 6.07. The molecule has 1 unspecified atom stereocenters. The van der Waals surface area contributed by atoms with E-state index in [0.29, 0.717) is 6.61 Å². The molecule has 1 saturated heterocycles. The Morgan fingerprint density at radius 1 is 1.30 bits per heavy atom. The number of para-hydroxylation sites is 2. The first-order valence-corrected chi connectivity index (χ1v) is 7.61. The van der Waals surface area contributed by atoms with E-state index >= 15 is 0 Å². The summed E-state index contributed by atoms with van der Waals surface area (Å²) in [7, 11) is 0. The average Bonchev–Trinajstić information content (AvgIpc) is 2.47. The number of piperidine rings is 1. The van der Waals surface area contributed by atoms with Crippen molar-refractivity contribution in [1.82, 2.24) is 0 Å². The Bertz CT molecular complexity index is 398. The van der Waals surface area contributed by atoms with Crippen LogP contribution in [0.5, 0.6) is 5.75 Å². The van der Waals surface area contributed by atoms with E-state index in [2.05, 4.69) is 17.0 Å². The highest BCUT2D eigenvalue weighted by atomic mass is 16.5. The minimum atomic E-state index is 0.273. The van der Waals surface area contributed by atoms with Gasteiger partial charge in [-0.25, -0.2) is 0 Å². The van der Waals surface area contributed by atoms with Crippen molar-refractivity contribution in [3.05, 3.63) is 24.3 Å². The largest absolute Gasteiger partial charge is 0.491 e. The van der Waals surface area contributed by atoms with Crippen molar-refractivity contribution in [2.24, 2.45) is 5.73 Å². The molecule has 0 amide bonds. The highest BCUT2D eigenvalue weighted by Gasteiger charge is 2.19. The Morgan fingerprint density at radius 3 is 2.95 bits per heavy atom. The van der Waals surface area contributed by atoms with Crippen LogP contribution in [0.4, 0.5) is 5.69 Å². The smallest absolute Gasteiger partial charge is 0.142 e. The first-order chi connectivity index (χ1) is 9.81. The van der Waals surface area contributed by atoms with Crippen LogP contribution in [0.25, 0.3) is 0 Å². The third kappa shape index (κ3) is 4.39. The second-order valence-corrected chi connectivity index (χ2v) is 5.21. The van der Waals surface area contributed by atoms with Crippen molar-refractivity contribution in [2.75, 3.05) is 37.8 Å². The summed E-state index contributed by atoms with van der Waals surface area (Å²) in [6, 6.07) is 8.51. The second-order valence-electron chi connectivity index (χ2n) is 5.21. The lowest BCUT2D eigenvalue weighted by Crippen LogP contribution is -2.43. The van der Waals surface area contributed by atoms with Crippen LogP contribution in [0.15, 0.2) is 24.3 Å². The molecule has 1 fully saturated rings. The van der Waals surface area contributed by atoms with Gasteiger partial charge in [-0.1, -0.05) is 12.1 Å². The lowest BCUT2D eigenvalue weighted by atomic mass is 10.1. The van der Waals surface area contributed by atoms with Gasteiger partial charge in [-0.15, -0.1) is 0 Å². The summed E-state index contributed by atoms with van der Waals surface area (Å²) < 4.78 is 11.2. The van der Waals surface area contributed by atoms with Gasteiger partial charge in [0.05, 0.1) is 12.3 Å². The van der Waals surface area contributed by atoms with Gasteiger partial charge in [0.1, 0.15) is 5.75 Å². The van der Waals surface area contributed by atoms with Crippen LogP contribution >= 0.6 is 0 Å². The molecule has 0 aliphatic carbocycles. The van der Waals surface area contributed by atoms with Crippen LogP contribution < -0.4 is 15.4 Å². The van der Waals surface area contributed by atoms with Crippen LogP contribution in [0.2, 0.25) is 0 Å². The molecule has 112 valence electrons. The van der Waals surface area contributed by atoms with Crippen molar-refractivity contribution in [2.45, 2.75) is 32.2 Å². The molecule has 4 nitrogen and oxygen atoms in total. The Balaban J connectivity index is 1.91. The topological polar surface area (TPSA) is 47.7 Å². The van der Waals surface area contributed by atoms with Crippen molar-refractivity contribution >= 4 is 5.69 Å². The quantitative estimate of drug-likeness (QED) is 0.778. The molecule has 1 atom stereocenters. The minimum absolute atomic E-state index is 0.273. The Hall–Kier alpha value is -1.26. The third-order valence-electron chi connectivity index (χ3n) is 3.56. The van der Waals surface area contributed by atoms with Gasteiger partial charge in [0.25, 0.3) is 0 Å². The van der Waals surface area contributed by atoms with Gasteiger partial charge in [0, 0.05) is 38.8 Å². The van der Waals surface area contributed by atoms with Gasteiger partial charge in [-0.05, 0) is 31.9 Å². The van der Waals surface area contributed by atoms with Crippen LogP contribution in [0, 0.1) is 0 Å². The highest BCUT2D eigenvalue weighted by molar-refractivity contribution is 5.58. The maximum atomic E-state index is 6.07. The number of ether oxygens (including phenoxy) is 2. The predicted molar refractivity (Wildman–Crippen MR) is 82.5 cm³/mol. The Kier molecular flexibility index (Phi) is 6.15. The van der Waals surface area contributed by atoms with Gasteiger partial charge in [0.2, 0.25) is 0 Å². The van der Waals surface area contributed by atoms with E-state index in [4.69, 9.17) is 15.2 Å². The number of nitrogens with two attached hydrogens (primary N) is 1. The highest BCUT2D eigenvalue weighted by Crippen LogP contribution is 2.30. The summed E-state index contributed by atoms with van der Waals surface area (Å²) in [6.45, 7) is 6.20. The van der Waals surface area contributed by atoms with E-state index in [1.807, 2.05) is 19.1 Å². The summed E-state index contributed by atoms with van der Waals surface area (Å²) in [5.74, 6) is 0.957. The monoisotopic (exact) mass is 278 g/mol. The fourth-order valence-corrected chi connectivity index (χ4v) is 2.56. The molecule has 0 spiro atoms. The number of hydrogen-bond donors (Lipinski definition) is 1. The molecular weight excluding hydrogens is 252 g/mol. The second kappa shape index (κ2) is 8.12. The van der Waals surface area contributed by atoms with Crippen molar-refractivity contribution in [3.8, 4) is 5.75 Å². The molecule has 4 heteroatoms. The molecule has 1 heterocycles. The van der Waals surface area contributed by atoms with E-state index in [0.717, 1.165) is 51.3 Å². The van der Waals surface area contributed by atoms with E-state index in [9.17, 15) is 0 Å². The molecule has 0 bridgehead atoms. The first kappa shape index (κ1) is 15.1. The first-order valence-electron chi connectivity index (χ1n) is 7.61. The van der Waals surface area contributed by atoms with E-state index < -0.39 is 0 Å². The van der Waals surface area contributed by atoms with Gasteiger partial charge in [-0.3, -0.25) is 0 Å². The normalized spacial score (nSPS) is 19.1. The fourth-order valence-electron chi connectivity index (χ4n) is 2.56. The summed E-state index contributed by atoms with van der Waals surface area (Å²) in [4.78, 5) is 2.34. The Labute approximate surface area is 121 Å². The summed E-state index contributed by atoms with van der Waals surface area (Å²) in [6.07, 6.45) is 3.19. The molecule has 0 aromatic heterocycles. The van der Waals surface area contributed by atoms with Crippen LogP contribution in [-0.2, 0) is 4.74 Å². The molecule has 2 rings (SSSR count). The molecule has 1 aromatic carbocycles. The molecule has 1 aliphatic rings. The summed E-state index contributed by atoms with van der Waals surface area (Å²) in [5.41, 5.74) is 7.23. The zero-order chi connectivity index (χ0) is 14.2. The van der Waals surface area contributed by atoms with E-state index in [1.54, 1.807) is 0 Å². The molecule has 2 N–H and O–H groups in total. The fraction of sp³-hybridized carbons (Fsp3) is 0.625. The van der Waals surface area contributed by atoms with Crippen molar-refractivity contribution in [3.63, 3.8) is 0 Å². The van der Waals surface area contributed by atoms with Gasteiger partial charge >= 0.3 is 0 Å². The van der Waals surface area contributed by atoms with Gasteiger partial charge < -0.3 is 20.1 Å². The van der Waals surface area contributed by atoms with Crippen LogP contribution in [-0.4, -0.2) is 39.0 Å². The third-order valence-corrected chi connectivity index (χ3v) is 3.56. The predicted octanol–water partition coefficient (Wildman–Crippen LogP) is 2.42. The SMILES string of the molecule is CCOCCCOc1ccccc1N1CCCC(N)C1. The zero-order valence-corrected chi connectivity index (χ0v) is 12.4. The number of rotatable bonds is 7. The van der Waals surface area contributed by atoms with Crippen molar-refractivity contribution < 1.29 is 9.47 Å². The van der Waals surface area contributed by atoms with E-state index in [1.165, 1.54) is 5.69 Å². The standard InChI is InChI=1S/C16H26N2O2/c1-2-19-11-6-12-20-16-9-4-3-8-15(16)18-10-5-7-14(17)13-18/h3-4,8-9,14H,2,5-7,10-13,17H2,1H3. The molecule has 0 radical (unpaired) electrons. The zero-order valence-electron chi connectivity index (χ0n) is 12.4. The lowest BCUT2D eigenvalue weighted by molar-refractivity contribution is 0.131. The number of benzene rings is 1. The average molecular weight is 278 g/mol. The van der Waals surface area contributed by atoms with Gasteiger partial charge in [0.15, 0.2) is 0 Å². The summed E-state index contributed by atoms with van der Waals surface area (Å²) >= 11 is 0. The Morgan fingerprint density at radius 2 is 2.15 bits per heavy atom. The summed E-state index contributed by atoms with van der Waals surface area (Å²) in [5, 5.41) is 0. The number of anilines is 1. The van der Waals surface area contributed by atoms with Crippen LogP contribution in [0.3, 0.4) is 0 Å². The molecule has 0 saturated carbocycles. The number of hydrogen-bond acceptors (Lipinski definition) is 4. The molecule has 1 aromatic rings. The molecule has 20 heavy (non-hydrogen) atoms. The van der Waals surface area contributed by atoms with Crippen molar-refractivity contribution in [1.29, 1.82) is 0 Å². The number of nitrogens with zero attached hydrogens (tertiary/aromatic N) is 1. The van der Waals surface area contributed by atoms with E-state index in [-0.39, 0.29) is 6.04 Å². The maximum Gasteiger partial charge on any atom is 0.142 e. The molecular formula is C16H26N2O2. The molecule has 1 aliphatic heterocycles.